The molecule has 1 heterocycles. The summed E-state index contributed by atoms with van der Waals surface area (Å²) in [5.41, 5.74) is 6.88. The van der Waals surface area contributed by atoms with Gasteiger partial charge in [-0.25, -0.2) is 0 Å². The van der Waals surface area contributed by atoms with E-state index in [0.29, 0.717) is 12.5 Å². The van der Waals surface area contributed by atoms with Gasteiger partial charge in [-0.3, -0.25) is 0 Å². The molecular weight excluding hydrogens is 214 g/mol. The Morgan fingerprint density at radius 1 is 1.35 bits per heavy atom. The molecule has 1 atom stereocenters. The molecule has 1 unspecified atom stereocenters. The van der Waals surface area contributed by atoms with Crippen LogP contribution in [0.5, 0.6) is 5.75 Å². The molecule has 1 aromatic heterocycles. The van der Waals surface area contributed by atoms with E-state index in [2.05, 4.69) is 13.8 Å². The highest BCUT2D eigenvalue weighted by molar-refractivity contribution is 5.83. The van der Waals surface area contributed by atoms with Gasteiger partial charge in [0.25, 0.3) is 0 Å². The minimum atomic E-state index is -0.0723. The Bertz CT molecular complexity index is 502. The van der Waals surface area contributed by atoms with Gasteiger partial charge in [-0.2, -0.15) is 0 Å². The molecule has 3 heteroatoms. The van der Waals surface area contributed by atoms with Crippen LogP contribution >= 0.6 is 0 Å². The van der Waals surface area contributed by atoms with Gasteiger partial charge in [-0.1, -0.05) is 26.0 Å². The smallest absolute Gasteiger partial charge is 0.176 e. The van der Waals surface area contributed by atoms with Gasteiger partial charge >= 0.3 is 0 Å². The number of hydrogen-bond acceptors (Lipinski definition) is 3. The van der Waals surface area contributed by atoms with Gasteiger partial charge in [0.05, 0.1) is 12.6 Å². The Balaban J connectivity index is 2.46. The minimum absolute atomic E-state index is 0.0723. The lowest BCUT2D eigenvalue weighted by molar-refractivity contribution is 0.335. The molecule has 0 fully saturated rings. The molecule has 17 heavy (non-hydrogen) atoms. The van der Waals surface area contributed by atoms with Crippen molar-refractivity contribution in [3.05, 3.63) is 30.0 Å². The average molecular weight is 233 g/mol. The lowest BCUT2D eigenvalue weighted by Crippen LogP contribution is -2.15. The fraction of sp³-hybridized carbons (Fsp3) is 0.429. The van der Waals surface area contributed by atoms with Crippen LogP contribution in [0.15, 0.2) is 28.7 Å². The molecule has 1 aromatic carbocycles. The second kappa shape index (κ2) is 4.80. The standard InChI is InChI=1S/C14H19NO2/c1-4-16-11-7-5-6-10-8-12(17-14(10)11)13(15)9(2)3/h5-9,13H,4,15H2,1-3H3. The van der Waals surface area contributed by atoms with Gasteiger partial charge in [-0.15, -0.1) is 0 Å². The van der Waals surface area contributed by atoms with E-state index in [1.165, 1.54) is 0 Å². The number of hydrogen-bond donors (Lipinski definition) is 1. The normalized spacial score (nSPS) is 13.2. The number of benzene rings is 1. The predicted molar refractivity (Wildman–Crippen MR) is 69.1 cm³/mol. The second-order valence-corrected chi connectivity index (χ2v) is 4.53. The van der Waals surface area contributed by atoms with Gasteiger partial charge < -0.3 is 14.9 Å². The van der Waals surface area contributed by atoms with Crippen molar-refractivity contribution in [2.24, 2.45) is 11.7 Å². The van der Waals surface area contributed by atoms with Crippen LogP contribution in [0.2, 0.25) is 0 Å². The Morgan fingerprint density at radius 2 is 2.12 bits per heavy atom. The summed E-state index contributed by atoms with van der Waals surface area (Å²) < 4.78 is 11.4. The van der Waals surface area contributed by atoms with Crippen LogP contribution in [0.4, 0.5) is 0 Å². The zero-order chi connectivity index (χ0) is 12.4. The first kappa shape index (κ1) is 12.0. The summed E-state index contributed by atoms with van der Waals surface area (Å²) in [6.45, 7) is 6.76. The second-order valence-electron chi connectivity index (χ2n) is 4.53. The van der Waals surface area contributed by atoms with Crippen molar-refractivity contribution in [2.45, 2.75) is 26.8 Å². The van der Waals surface area contributed by atoms with Crippen molar-refractivity contribution in [2.75, 3.05) is 6.61 Å². The Morgan fingerprint density at radius 3 is 2.76 bits per heavy atom. The molecule has 0 aliphatic rings. The first-order valence-corrected chi connectivity index (χ1v) is 6.04. The van der Waals surface area contributed by atoms with Crippen molar-refractivity contribution >= 4 is 11.0 Å². The fourth-order valence-corrected chi connectivity index (χ4v) is 1.82. The van der Waals surface area contributed by atoms with Gasteiger partial charge in [-0.05, 0) is 25.0 Å². The summed E-state index contributed by atoms with van der Waals surface area (Å²) in [6.07, 6.45) is 0. The Hall–Kier alpha value is -1.48. The topological polar surface area (TPSA) is 48.4 Å². The maximum atomic E-state index is 6.09. The zero-order valence-electron chi connectivity index (χ0n) is 10.6. The molecule has 2 rings (SSSR count). The molecule has 92 valence electrons. The highest BCUT2D eigenvalue weighted by Gasteiger charge is 2.17. The molecule has 0 saturated heterocycles. The van der Waals surface area contributed by atoms with Gasteiger partial charge in [0.1, 0.15) is 5.76 Å². The molecular formula is C14H19NO2. The molecule has 0 amide bonds. The maximum Gasteiger partial charge on any atom is 0.176 e. The van der Waals surface area contributed by atoms with Crippen LogP contribution in [0.25, 0.3) is 11.0 Å². The Labute approximate surface area is 102 Å². The molecule has 0 radical (unpaired) electrons. The summed E-state index contributed by atoms with van der Waals surface area (Å²) >= 11 is 0. The third-order valence-corrected chi connectivity index (χ3v) is 2.87. The van der Waals surface area contributed by atoms with E-state index in [4.69, 9.17) is 14.9 Å². The number of para-hydroxylation sites is 1. The molecule has 0 aliphatic heterocycles. The van der Waals surface area contributed by atoms with E-state index >= 15 is 0 Å². The van der Waals surface area contributed by atoms with E-state index in [-0.39, 0.29) is 6.04 Å². The lowest BCUT2D eigenvalue weighted by Gasteiger charge is -2.11. The van der Waals surface area contributed by atoms with E-state index in [0.717, 1.165) is 22.5 Å². The largest absolute Gasteiger partial charge is 0.490 e. The van der Waals surface area contributed by atoms with Crippen LogP contribution in [-0.2, 0) is 0 Å². The van der Waals surface area contributed by atoms with Crippen LogP contribution in [-0.4, -0.2) is 6.61 Å². The summed E-state index contributed by atoms with van der Waals surface area (Å²) in [6, 6.07) is 7.82. The first-order chi connectivity index (χ1) is 8.13. The third-order valence-electron chi connectivity index (χ3n) is 2.87. The summed E-state index contributed by atoms with van der Waals surface area (Å²) in [5, 5.41) is 1.04. The summed E-state index contributed by atoms with van der Waals surface area (Å²) in [7, 11) is 0. The minimum Gasteiger partial charge on any atom is -0.490 e. The highest BCUT2D eigenvalue weighted by Crippen LogP contribution is 2.32. The first-order valence-electron chi connectivity index (χ1n) is 6.04. The van der Waals surface area contributed by atoms with E-state index in [9.17, 15) is 0 Å². The number of fused-ring (bicyclic) bond motifs is 1. The maximum absolute atomic E-state index is 6.09. The van der Waals surface area contributed by atoms with Crippen LogP contribution in [0.1, 0.15) is 32.6 Å². The number of ether oxygens (including phenoxy) is 1. The van der Waals surface area contributed by atoms with Gasteiger partial charge in [0.2, 0.25) is 0 Å². The molecule has 0 spiro atoms. The third kappa shape index (κ3) is 2.29. The number of nitrogens with two attached hydrogens (primary N) is 1. The quantitative estimate of drug-likeness (QED) is 0.879. The predicted octanol–water partition coefficient (Wildman–Crippen LogP) is 3.49. The van der Waals surface area contributed by atoms with Crippen molar-refractivity contribution in [1.29, 1.82) is 0 Å². The van der Waals surface area contributed by atoms with E-state index < -0.39 is 0 Å². The van der Waals surface area contributed by atoms with Crippen molar-refractivity contribution < 1.29 is 9.15 Å². The van der Waals surface area contributed by atoms with E-state index in [1.54, 1.807) is 0 Å². The lowest BCUT2D eigenvalue weighted by atomic mass is 10.0. The Kier molecular flexibility index (Phi) is 3.38. The van der Waals surface area contributed by atoms with Crippen molar-refractivity contribution in [3.63, 3.8) is 0 Å². The molecule has 2 aromatic rings. The van der Waals surface area contributed by atoms with Gasteiger partial charge in [0.15, 0.2) is 11.3 Å². The van der Waals surface area contributed by atoms with Crippen LogP contribution in [0, 0.1) is 5.92 Å². The van der Waals surface area contributed by atoms with Crippen molar-refractivity contribution in [1.82, 2.24) is 0 Å². The zero-order valence-corrected chi connectivity index (χ0v) is 10.6. The molecule has 0 saturated carbocycles. The number of furan rings is 1. The number of rotatable bonds is 4. The summed E-state index contributed by atoms with van der Waals surface area (Å²) in [4.78, 5) is 0. The van der Waals surface area contributed by atoms with Gasteiger partial charge in [0, 0.05) is 5.39 Å². The fourth-order valence-electron chi connectivity index (χ4n) is 1.82. The van der Waals surface area contributed by atoms with E-state index in [1.807, 2.05) is 31.2 Å². The van der Waals surface area contributed by atoms with Crippen LogP contribution in [0.3, 0.4) is 0 Å². The average Bonchev–Trinajstić information content (AvgIpc) is 2.73. The molecule has 0 bridgehead atoms. The molecule has 2 N–H and O–H groups in total. The SMILES string of the molecule is CCOc1cccc2cc(C(N)C(C)C)oc12. The van der Waals surface area contributed by atoms with Crippen LogP contribution < -0.4 is 10.5 Å². The molecule has 3 nitrogen and oxygen atoms in total. The monoisotopic (exact) mass is 233 g/mol. The highest BCUT2D eigenvalue weighted by atomic mass is 16.5. The summed E-state index contributed by atoms with van der Waals surface area (Å²) in [5.74, 6) is 1.96. The van der Waals surface area contributed by atoms with Crippen molar-refractivity contribution in [3.8, 4) is 5.75 Å². The molecule has 0 aliphatic carbocycles.